The molecule has 3 heterocycles. The zero-order chi connectivity index (χ0) is 50.6. The number of hydrogen-bond donors (Lipinski definition) is 14. The van der Waals surface area contributed by atoms with Crippen LogP contribution in [-0.4, -0.2) is 220 Å². The third-order valence-electron chi connectivity index (χ3n) is 20.0. The van der Waals surface area contributed by atoms with Gasteiger partial charge in [0.05, 0.1) is 44.7 Å². The Balaban J connectivity index is 0.909. The second-order valence-electron chi connectivity index (χ2n) is 23.4. The number of aliphatic hydroxyl groups excluding tert-OH is 12. The molecule has 2 spiro atoms. The number of carbonyl (C=O) groups excluding carboxylic acids is 1. The Morgan fingerprint density at radius 3 is 1.71 bits per heavy atom. The van der Waals surface area contributed by atoms with Crippen LogP contribution in [-0.2, 0) is 33.2 Å². The third-order valence-corrected chi connectivity index (χ3v) is 20.0. The summed E-state index contributed by atoms with van der Waals surface area (Å²) in [6.45, 7) is 6.93. The highest BCUT2D eigenvalue weighted by Crippen LogP contribution is 2.88. The first-order valence-corrected chi connectivity index (χ1v) is 25.1. The van der Waals surface area contributed by atoms with Crippen molar-refractivity contribution in [3.8, 4) is 0 Å². The number of rotatable bonds is 16. The fraction of sp³-hybridized carbons (Fsp3) is 0.979. The molecule has 69 heavy (non-hydrogen) atoms. The number of carbonyl (C=O) groups is 1. The molecular formula is C48H80O21. The summed E-state index contributed by atoms with van der Waals surface area (Å²) in [5.41, 5.74) is -4.27. The van der Waals surface area contributed by atoms with Gasteiger partial charge in [0, 0.05) is 18.8 Å². The minimum absolute atomic E-state index is 0.00319. The zero-order valence-electron chi connectivity index (χ0n) is 40.3. The maximum absolute atomic E-state index is 13.8. The third kappa shape index (κ3) is 8.80. The molecule has 8 fully saturated rings. The van der Waals surface area contributed by atoms with Crippen LogP contribution in [0, 0.1) is 51.2 Å². The van der Waals surface area contributed by atoms with Crippen LogP contribution >= 0.6 is 0 Å². The summed E-state index contributed by atoms with van der Waals surface area (Å²) in [5, 5.41) is 149. The Labute approximate surface area is 402 Å². The molecule has 21 heteroatoms. The maximum atomic E-state index is 13.8. The van der Waals surface area contributed by atoms with E-state index in [1.807, 2.05) is 6.92 Å². The molecule has 3 saturated heterocycles. The van der Waals surface area contributed by atoms with E-state index in [-0.39, 0.29) is 58.2 Å². The van der Waals surface area contributed by atoms with Gasteiger partial charge in [-0.3, -0.25) is 4.79 Å². The number of aliphatic hydroxyl groups is 14. The molecule has 8 aliphatic rings. The first-order chi connectivity index (χ1) is 32.3. The van der Waals surface area contributed by atoms with Gasteiger partial charge in [-0.05, 0) is 111 Å². The van der Waals surface area contributed by atoms with E-state index in [1.54, 1.807) is 0 Å². The van der Waals surface area contributed by atoms with Crippen LogP contribution in [0.1, 0.15) is 98.8 Å². The molecule has 0 aromatic heterocycles. The summed E-state index contributed by atoms with van der Waals surface area (Å²) in [7, 11) is 0. The zero-order valence-corrected chi connectivity index (χ0v) is 40.3. The Kier molecular flexibility index (Phi) is 15.3. The molecule has 0 amide bonds. The summed E-state index contributed by atoms with van der Waals surface area (Å²) < 4.78 is 34.2. The van der Waals surface area contributed by atoms with E-state index in [4.69, 9.17) is 28.4 Å². The van der Waals surface area contributed by atoms with Gasteiger partial charge in [0.2, 0.25) is 0 Å². The Morgan fingerprint density at radius 2 is 1.16 bits per heavy atom. The van der Waals surface area contributed by atoms with Gasteiger partial charge in [0.15, 0.2) is 18.9 Å². The van der Waals surface area contributed by atoms with Crippen LogP contribution in [0.15, 0.2) is 0 Å². The highest BCUT2D eigenvalue weighted by molar-refractivity contribution is 5.83. The van der Waals surface area contributed by atoms with Gasteiger partial charge in [-0.2, -0.15) is 0 Å². The summed E-state index contributed by atoms with van der Waals surface area (Å²) in [5.74, 6) is -0.368. The predicted octanol–water partition coefficient (Wildman–Crippen LogP) is -3.07. The second-order valence-corrected chi connectivity index (χ2v) is 23.4. The van der Waals surface area contributed by atoms with Crippen molar-refractivity contribution in [3.05, 3.63) is 0 Å². The highest BCUT2D eigenvalue weighted by atomic mass is 16.7. The van der Waals surface area contributed by atoms with Gasteiger partial charge >= 0.3 is 0 Å². The van der Waals surface area contributed by atoms with Gasteiger partial charge in [-0.1, -0.05) is 20.8 Å². The average Bonchev–Trinajstić information content (AvgIpc) is 3.90. The lowest BCUT2D eigenvalue weighted by Gasteiger charge is -2.62. The number of fused-ring (bicyclic) bond motifs is 2. The van der Waals surface area contributed by atoms with Crippen molar-refractivity contribution in [1.82, 2.24) is 0 Å². The van der Waals surface area contributed by atoms with Gasteiger partial charge in [0.1, 0.15) is 84.6 Å². The topological polar surface area (TPSA) is 356 Å². The number of ether oxygens (including phenoxy) is 6. The Morgan fingerprint density at radius 1 is 0.638 bits per heavy atom. The molecule has 14 N–H and O–H groups in total. The number of Topliss-reactive ketones (excluding diaryl/α,β-unsaturated/α-hetero) is 1. The first-order valence-electron chi connectivity index (χ1n) is 25.1. The van der Waals surface area contributed by atoms with Gasteiger partial charge in [0.25, 0.3) is 0 Å². The lowest BCUT2D eigenvalue weighted by molar-refractivity contribution is -0.332. The molecule has 2 unspecified atom stereocenters. The van der Waals surface area contributed by atoms with Crippen LogP contribution < -0.4 is 0 Å². The maximum Gasteiger partial charge on any atom is 0.186 e. The van der Waals surface area contributed by atoms with Crippen molar-refractivity contribution in [2.24, 2.45) is 51.2 Å². The van der Waals surface area contributed by atoms with Crippen molar-refractivity contribution in [3.63, 3.8) is 0 Å². The smallest absolute Gasteiger partial charge is 0.186 e. The Bertz CT molecular complexity index is 1800. The van der Waals surface area contributed by atoms with Crippen LogP contribution in [0.2, 0.25) is 0 Å². The van der Waals surface area contributed by atoms with Crippen molar-refractivity contribution in [1.29, 1.82) is 0 Å². The van der Waals surface area contributed by atoms with Gasteiger partial charge in [-0.25, -0.2) is 0 Å². The van der Waals surface area contributed by atoms with E-state index in [1.165, 1.54) is 13.8 Å². The molecule has 21 nitrogen and oxygen atoms in total. The minimum Gasteiger partial charge on any atom is -0.394 e. The van der Waals surface area contributed by atoms with Crippen LogP contribution in [0.25, 0.3) is 0 Å². The quantitative estimate of drug-likeness (QED) is 0.0730. The standard InChI is InChI=1S/C48H80O21/c1-21(26(52)14-48(63,43(2,3)62)20-66-42-39(61)35(57)32(54)28(16-50)68-42)23-8-10-45(5)30-7-6-24-22(25(51)9-11-46(24)19-47(30,46)13-12-44(23,45)4)17-64-40-38(60)36(58)33(55)29(69-40)18-65-41-37(59)34(56)31(53)27(15-49)67-41/h21-24,26-42,49-50,52-63H,6-20H2,1-5H3/t21-,22-,23+,24-,26?,27+,28+,29+,30-,31+,32+,33+,34-,35-,36-,37+,38+,39+,40+,41+,42+,44+,45-,46+,47-,48?/m0/s1. The summed E-state index contributed by atoms with van der Waals surface area (Å²) in [6, 6.07) is 0. The Hall–Kier alpha value is -1.13. The summed E-state index contributed by atoms with van der Waals surface area (Å²) in [6.07, 6.45) is -17.4. The molecule has 3 aliphatic heterocycles. The van der Waals surface area contributed by atoms with Crippen LogP contribution in [0.3, 0.4) is 0 Å². The predicted molar refractivity (Wildman–Crippen MR) is 235 cm³/mol. The molecule has 0 radical (unpaired) electrons. The molecule has 0 aromatic carbocycles. The van der Waals surface area contributed by atoms with E-state index in [2.05, 4.69) is 13.8 Å². The SMILES string of the molecule is C[C@H](C(O)CC(O)(CO[C@@H]1O[C@H](CO)[C@@H](O)[C@H](O)[C@H]1O)C(C)(C)O)[C@H]1CC[C@@]2(C)[C@@H]3CC[C@H]4[C@H](CO[C@@H]5O[C@H](CO[C@@H]6O[C@H](CO)[C@@H](O)[C@H](O)[C@H]6O)[C@@H](O)[C@H](O)[C@H]5O)C(=O)CC[C@@]45C[C@@]35CC[C@]12C. The lowest BCUT2D eigenvalue weighted by Crippen LogP contribution is -2.62. The largest absolute Gasteiger partial charge is 0.394 e. The van der Waals surface area contributed by atoms with E-state index in [9.17, 15) is 76.3 Å². The first kappa shape index (κ1) is 54.1. The van der Waals surface area contributed by atoms with E-state index < -0.39 is 142 Å². The van der Waals surface area contributed by atoms with E-state index in [0.717, 1.165) is 51.4 Å². The average molecular weight is 993 g/mol. The van der Waals surface area contributed by atoms with Crippen LogP contribution in [0.5, 0.6) is 0 Å². The van der Waals surface area contributed by atoms with Crippen molar-refractivity contribution >= 4 is 5.78 Å². The molecule has 0 aromatic rings. The highest BCUT2D eigenvalue weighted by Gasteiger charge is 2.81. The monoisotopic (exact) mass is 993 g/mol. The molecule has 398 valence electrons. The van der Waals surface area contributed by atoms with Gasteiger partial charge in [-0.15, -0.1) is 0 Å². The van der Waals surface area contributed by atoms with Crippen molar-refractivity contribution in [2.45, 2.75) is 208 Å². The molecule has 8 rings (SSSR count). The normalized spacial score (nSPS) is 51.6. The fourth-order valence-electron chi connectivity index (χ4n) is 15.2. The van der Waals surface area contributed by atoms with Gasteiger partial charge < -0.3 is 99.9 Å². The lowest BCUT2D eigenvalue weighted by atomic mass is 9.43. The van der Waals surface area contributed by atoms with E-state index >= 15 is 0 Å². The van der Waals surface area contributed by atoms with E-state index in [0.29, 0.717) is 12.3 Å². The number of hydrogen-bond acceptors (Lipinski definition) is 21. The van der Waals surface area contributed by atoms with Crippen molar-refractivity contribution < 1.29 is 105 Å². The molecule has 26 atom stereocenters. The fourth-order valence-corrected chi connectivity index (χ4v) is 15.2. The summed E-state index contributed by atoms with van der Waals surface area (Å²) >= 11 is 0. The summed E-state index contributed by atoms with van der Waals surface area (Å²) in [4.78, 5) is 13.8. The number of ketones is 1. The minimum atomic E-state index is -2.05. The molecular weight excluding hydrogens is 913 g/mol. The molecule has 5 aliphatic carbocycles. The molecule has 5 saturated carbocycles. The van der Waals surface area contributed by atoms with Crippen LogP contribution in [0.4, 0.5) is 0 Å². The second kappa shape index (κ2) is 19.5. The van der Waals surface area contributed by atoms with Crippen molar-refractivity contribution in [2.75, 3.05) is 33.0 Å². The molecule has 0 bridgehead atoms.